The summed E-state index contributed by atoms with van der Waals surface area (Å²) >= 11 is 3.32. The van der Waals surface area contributed by atoms with Crippen LogP contribution in [0.5, 0.6) is 0 Å². The molecule has 1 heterocycles. The van der Waals surface area contributed by atoms with Crippen LogP contribution in [0.4, 0.5) is 0 Å². The number of benzene rings is 1. The van der Waals surface area contributed by atoms with Gasteiger partial charge in [-0.3, -0.25) is 4.79 Å². The number of primary amides is 1. The zero-order valence-corrected chi connectivity index (χ0v) is 12.0. The first-order valence-corrected chi connectivity index (χ1v) is 6.60. The number of carbonyl (C=O) groups is 2. The Morgan fingerprint density at radius 2 is 2.05 bits per heavy atom. The van der Waals surface area contributed by atoms with Gasteiger partial charge in [0.15, 0.2) is 11.7 Å². The molecule has 102 valence electrons. The number of esters is 1. The lowest BCUT2D eigenvalue weighted by Gasteiger charge is -2.26. The van der Waals surface area contributed by atoms with Crippen LogP contribution in [0.15, 0.2) is 28.7 Å². The average molecular weight is 328 g/mol. The van der Waals surface area contributed by atoms with E-state index in [9.17, 15) is 9.59 Å². The molecule has 1 aromatic rings. The Morgan fingerprint density at radius 1 is 1.42 bits per heavy atom. The van der Waals surface area contributed by atoms with Crippen LogP contribution in [-0.2, 0) is 24.7 Å². The van der Waals surface area contributed by atoms with Crippen LogP contribution < -0.4 is 5.73 Å². The van der Waals surface area contributed by atoms with Gasteiger partial charge in [0, 0.05) is 4.47 Å². The Morgan fingerprint density at radius 3 is 2.58 bits per heavy atom. The minimum absolute atomic E-state index is 0.365. The van der Waals surface area contributed by atoms with Crippen molar-refractivity contribution in [2.45, 2.75) is 24.5 Å². The largest absolute Gasteiger partial charge is 0.467 e. The number of hydrogen-bond donors (Lipinski definition) is 1. The second kappa shape index (κ2) is 5.30. The van der Waals surface area contributed by atoms with Crippen molar-refractivity contribution in [1.29, 1.82) is 0 Å². The summed E-state index contributed by atoms with van der Waals surface area (Å²) in [5.41, 5.74) is 4.88. The van der Waals surface area contributed by atoms with Gasteiger partial charge in [0.2, 0.25) is 0 Å². The second-order valence-corrected chi connectivity index (χ2v) is 5.28. The SMILES string of the molecule is COC(=O)C1CCC(C(N)=O)(c2ccc(Br)cc2)O1. The van der Waals surface area contributed by atoms with Crippen LogP contribution in [-0.4, -0.2) is 25.1 Å². The van der Waals surface area contributed by atoms with Crippen LogP contribution in [0, 0.1) is 0 Å². The van der Waals surface area contributed by atoms with Crippen molar-refractivity contribution >= 4 is 27.8 Å². The van der Waals surface area contributed by atoms with Crippen LogP contribution in [0.25, 0.3) is 0 Å². The van der Waals surface area contributed by atoms with Crippen molar-refractivity contribution in [2.24, 2.45) is 5.73 Å². The van der Waals surface area contributed by atoms with Gasteiger partial charge in [-0.25, -0.2) is 4.79 Å². The number of amides is 1. The van der Waals surface area contributed by atoms with E-state index in [0.29, 0.717) is 18.4 Å². The molecule has 2 rings (SSSR count). The normalized spacial score (nSPS) is 26.1. The molecule has 0 saturated carbocycles. The van der Waals surface area contributed by atoms with E-state index in [1.807, 2.05) is 0 Å². The number of nitrogens with two attached hydrogens (primary N) is 1. The van der Waals surface area contributed by atoms with Gasteiger partial charge in [-0.05, 0) is 30.5 Å². The number of hydrogen-bond acceptors (Lipinski definition) is 4. The maximum atomic E-state index is 11.8. The zero-order chi connectivity index (χ0) is 14.0. The van der Waals surface area contributed by atoms with E-state index in [0.717, 1.165) is 4.47 Å². The topological polar surface area (TPSA) is 78.6 Å². The minimum atomic E-state index is -1.25. The predicted octanol–water partition coefficient (Wildman–Crippen LogP) is 1.48. The fourth-order valence-corrected chi connectivity index (χ4v) is 2.51. The zero-order valence-electron chi connectivity index (χ0n) is 10.4. The molecular formula is C13H14BrNO4. The van der Waals surface area contributed by atoms with E-state index in [2.05, 4.69) is 20.7 Å². The Hall–Kier alpha value is -1.40. The number of methoxy groups -OCH3 is 1. The van der Waals surface area contributed by atoms with Crippen molar-refractivity contribution in [1.82, 2.24) is 0 Å². The smallest absolute Gasteiger partial charge is 0.335 e. The van der Waals surface area contributed by atoms with Crippen molar-refractivity contribution in [3.63, 3.8) is 0 Å². The summed E-state index contributed by atoms with van der Waals surface area (Å²) in [7, 11) is 1.29. The Kier molecular flexibility index (Phi) is 3.91. The van der Waals surface area contributed by atoms with Crippen molar-refractivity contribution < 1.29 is 19.1 Å². The van der Waals surface area contributed by atoms with Gasteiger partial charge in [0.1, 0.15) is 0 Å². The molecule has 2 unspecified atom stereocenters. The first-order valence-electron chi connectivity index (χ1n) is 5.81. The molecular weight excluding hydrogens is 314 g/mol. The molecule has 0 radical (unpaired) electrons. The lowest BCUT2D eigenvalue weighted by atomic mass is 9.90. The molecule has 5 nitrogen and oxygen atoms in total. The fourth-order valence-electron chi connectivity index (χ4n) is 2.25. The molecule has 2 N–H and O–H groups in total. The van der Waals surface area contributed by atoms with Gasteiger partial charge in [0.25, 0.3) is 5.91 Å². The molecule has 0 spiro atoms. The van der Waals surface area contributed by atoms with Crippen LogP contribution >= 0.6 is 15.9 Å². The van der Waals surface area contributed by atoms with E-state index in [-0.39, 0.29) is 0 Å². The highest BCUT2D eigenvalue weighted by Gasteiger charge is 2.49. The predicted molar refractivity (Wildman–Crippen MR) is 71.1 cm³/mol. The second-order valence-electron chi connectivity index (χ2n) is 4.37. The van der Waals surface area contributed by atoms with Gasteiger partial charge >= 0.3 is 5.97 Å². The Labute approximate surface area is 119 Å². The van der Waals surface area contributed by atoms with Crippen LogP contribution in [0.1, 0.15) is 18.4 Å². The quantitative estimate of drug-likeness (QED) is 0.853. The Balaban J connectivity index is 2.33. The van der Waals surface area contributed by atoms with Gasteiger partial charge in [0.05, 0.1) is 7.11 Å². The summed E-state index contributed by atoms with van der Waals surface area (Å²) in [4.78, 5) is 23.3. The first kappa shape index (κ1) is 14.0. The summed E-state index contributed by atoms with van der Waals surface area (Å²) in [6.07, 6.45) is 0.0243. The van der Waals surface area contributed by atoms with E-state index in [1.54, 1.807) is 24.3 Å². The number of ether oxygens (including phenoxy) is 2. The molecule has 6 heteroatoms. The van der Waals surface area contributed by atoms with Crippen LogP contribution in [0.2, 0.25) is 0 Å². The van der Waals surface area contributed by atoms with Crippen molar-refractivity contribution in [2.75, 3.05) is 7.11 Å². The van der Waals surface area contributed by atoms with Gasteiger partial charge in [-0.1, -0.05) is 28.1 Å². The summed E-state index contributed by atoms with van der Waals surface area (Å²) in [5, 5.41) is 0. The third-order valence-corrected chi connectivity index (χ3v) is 3.80. The highest BCUT2D eigenvalue weighted by Crippen LogP contribution is 2.39. The third kappa shape index (κ3) is 2.50. The molecule has 1 fully saturated rings. The molecule has 0 aromatic heterocycles. The van der Waals surface area contributed by atoms with Gasteiger partial charge < -0.3 is 15.2 Å². The lowest BCUT2D eigenvalue weighted by Crippen LogP contribution is -2.42. The minimum Gasteiger partial charge on any atom is -0.467 e. The number of halogens is 1. The highest BCUT2D eigenvalue weighted by molar-refractivity contribution is 9.10. The molecule has 0 bridgehead atoms. The van der Waals surface area contributed by atoms with E-state index >= 15 is 0 Å². The summed E-state index contributed by atoms with van der Waals surface area (Å²) < 4.78 is 11.2. The molecule has 1 saturated heterocycles. The van der Waals surface area contributed by atoms with Crippen molar-refractivity contribution in [3.05, 3.63) is 34.3 Å². The molecule has 1 amide bonds. The summed E-state index contributed by atoms with van der Waals surface area (Å²) in [6, 6.07) is 7.12. The number of rotatable bonds is 3. The maximum absolute atomic E-state index is 11.8. The molecule has 1 aliphatic rings. The third-order valence-electron chi connectivity index (χ3n) is 3.27. The molecule has 1 aromatic carbocycles. The average Bonchev–Trinajstić information content (AvgIpc) is 2.85. The highest BCUT2D eigenvalue weighted by atomic mass is 79.9. The Bertz CT molecular complexity index is 502. The van der Waals surface area contributed by atoms with Crippen LogP contribution in [0.3, 0.4) is 0 Å². The van der Waals surface area contributed by atoms with Crippen molar-refractivity contribution in [3.8, 4) is 0 Å². The molecule has 19 heavy (non-hydrogen) atoms. The van der Waals surface area contributed by atoms with Gasteiger partial charge in [-0.15, -0.1) is 0 Å². The van der Waals surface area contributed by atoms with E-state index in [1.165, 1.54) is 7.11 Å². The molecule has 1 aliphatic heterocycles. The lowest BCUT2D eigenvalue weighted by molar-refractivity contribution is -0.163. The molecule has 2 atom stereocenters. The number of carbonyl (C=O) groups excluding carboxylic acids is 2. The fraction of sp³-hybridized carbons (Fsp3) is 0.385. The monoisotopic (exact) mass is 327 g/mol. The van der Waals surface area contributed by atoms with E-state index in [4.69, 9.17) is 10.5 Å². The first-order chi connectivity index (χ1) is 8.99. The van der Waals surface area contributed by atoms with E-state index < -0.39 is 23.6 Å². The maximum Gasteiger partial charge on any atom is 0.335 e. The molecule has 0 aliphatic carbocycles. The standard InChI is InChI=1S/C13H14BrNO4/c1-18-11(16)10-6-7-13(19-10,12(15)17)8-2-4-9(14)5-3-8/h2-5,10H,6-7H2,1H3,(H2,15,17). The van der Waals surface area contributed by atoms with Gasteiger partial charge in [-0.2, -0.15) is 0 Å². The summed E-state index contributed by atoms with van der Waals surface area (Å²) in [5.74, 6) is -1.08. The summed E-state index contributed by atoms with van der Waals surface area (Å²) in [6.45, 7) is 0.